The summed E-state index contributed by atoms with van der Waals surface area (Å²) in [5.41, 5.74) is 0. The Kier molecular flexibility index (Phi) is 3.10. The Morgan fingerprint density at radius 1 is 1.31 bits per heavy atom. The van der Waals surface area contributed by atoms with Gasteiger partial charge in [-0.2, -0.15) is 13.8 Å². The highest BCUT2D eigenvalue weighted by atomic mass is 35.6. The van der Waals surface area contributed by atoms with E-state index in [0.29, 0.717) is 6.20 Å². The van der Waals surface area contributed by atoms with Crippen molar-refractivity contribution < 1.29 is 13.5 Å². The Bertz CT molecular complexity index is 317. The van der Waals surface area contributed by atoms with Crippen LogP contribution in [0, 0.1) is 11.9 Å². The minimum Gasteiger partial charge on any atom is -0.425 e. The lowest BCUT2D eigenvalue weighted by Gasteiger charge is -2.12. The molecular formula is C5HCl3F2N2O. The molecule has 1 aromatic heterocycles. The number of halogens is 5. The minimum atomic E-state index is -2.19. The molecule has 1 heterocycles. The van der Waals surface area contributed by atoms with Gasteiger partial charge in [0.05, 0.1) is 6.20 Å². The van der Waals surface area contributed by atoms with E-state index in [0.717, 1.165) is 0 Å². The first-order valence-corrected chi connectivity index (χ1v) is 3.95. The van der Waals surface area contributed by atoms with E-state index in [-0.39, 0.29) is 0 Å². The average Bonchev–Trinajstić information content (AvgIpc) is 1.94. The maximum absolute atomic E-state index is 12.7. The fourth-order valence-electron chi connectivity index (χ4n) is 0.512. The van der Waals surface area contributed by atoms with Crippen molar-refractivity contribution in [3.63, 3.8) is 0 Å². The van der Waals surface area contributed by atoms with Crippen molar-refractivity contribution in [3.05, 3.63) is 18.1 Å². The van der Waals surface area contributed by atoms with Crippen molar-refractivity contribution >= 4 is 34.8 Å². The van der Waals surface area contributed by atoms with Gasteiger partial charge in [0, 0.05) is 0 Å². The van der Waals surface area contributed by atoms with Crippen LogP contribution in [0.3, 0.4) is 0 Å². The van der Waals surface area contributed by atoms with Crippen LogP contribution in [0.15, 0.2) is 6.20 Å². The smallest absolute Gasteiger partial charge is 0.339 e. The summed E-state index contributed by atoms with van der Waals surface area (Å²) in [6.45, 7) is 0. The van der Waals surface area contributed by atoms with E-state index in [1.165, 1.54) is 0 Å². The van der Waals surface area contributed by atoms with Crippen LogP contribution >= 0.6 is 34.8 Å². The molecule has 0 amide bonds. The molecule has 1 rings (SSSR count). The molecule has 0 saturated heterocycles. The fourth-order valence-corrected chi connectivity index (χ4v) is 0.732. The van der Waals surface area contributed by atoms with Crippen molar-refractivity contribution in [2.45, 2.75) is 3.98 Å². The van der Waals surface area contributed by atoms with Crippen LogP contribution in [0.1, 0.15) is 0 Å². The molecule has 0 aromatic carbocycles. The van der Waals surface area contributed by atoms with Crippen LogP contribution in [-0.2, 0) is 0 Å². The van der Waals surface area contributed by atoms with Gasteiger partial charge in [0.2, 0.25) is 5.82 Å². The molecule has 0 radical (unpaired) electrons. The maximum Gasteiger partial charge on any atom is 0.339 e. The van der Waals surface area contributed by atoms with Gasteiger partial charge >= 0.3 is 10.1 Å². The van der Waals surface area contributed by atoms with Gasteiger partial charge in [0.1, 0.15) is 0 Å². The van der Waals surface area contributed by atoms with Gasteiger partial charge in [-0.05, 0) is 34.8 Å². The fraction of sp³-hybridized carbons (Fsp3) is 0.200. The van der Waals surface area contributed by atoms with Crippen molar-refractivity contribution in [2.75, 3.05) is 0 Å². The van der Waals surface area contributed by atoms with Gasteiger partial charge in [-0.15, -0.1) is 0 Å². The second-order valence-electron chi connectivity index (χ2n) is 1.84. The third-order valence-electron chi connectivity index (χ3n) is 0.895. The van der Waals surface area contributed by atoms with Crippen LogP contribution in [0.2, 0.25) is 0 Å². The molecule has 0 aliphatic rings. The maximum atomic E-state index is 12.7. The normalized spacial score (nSPS) is 11.5. The molecule has 72 valence electrons. The summed E-state index contributed by atoms with van der Waals surface area (Å²) in [6.07, 6.45) is -0.612. The number of hydrogen-bond donors (Lipinski definition) is 0. The lowest BCUT2D eigenvalue weighted by molar-refractivity contribution is 0.280. The van der Waals surface area contributed by atoms with E-state index in [1.54, 1.807) is 0 Å². The SMILES string of the molecule is Fc1ncc(F)c(OC(Cl)(Cl)Cl)n1. The zero-order valence-corrected chi connectivity index (χ0v) is 8.04. The summed E-state index contributed by atoms with van der Waals surface area (Å²) in [6, 6.07) is 0. The number of rotatable bonds is 1. The summed E-state index contributed by atoms with van der Waals surface area (Å²) in [7, 11) is 0. The molecule has 8 heteroatoms. The van der Waals surface area contributed by atoms with Crippen LogP contribution in [0.4, 0.5) is 8.78 Å². The molecule has 3 nitrogen and oxygen atoms in total. The van der Waals surface area contributed by atoms with Crippen molar-refractivity contribution in [2.24, 2.45) is 0 Å². The highest BCUT2D eigenvalue weighted by Crippen LogP contribution is 2.29. The van der Waals surface area contributed by atoms with Gasteiger partial charge < -0.3 is 4.74 Å². The van der Waals surface area contributed by atoms with Gasteiger partial charge in [-0.25, -0.2) is 4.98 Å². The quantitative estimate of drug-likeness (QED) is 0.566. The first-order chi connectivity index (χ1) is 5.88. The first kappa shape index (κ1) is 10.7. The van der Waals surface area contributed by atoms with Crippen molar-refractivity contribution in [3.8, 4) is 5.88 Å². The van der Waals surface area contributed by atoms with Crippen LogP contribution in [0.5, 0.6) is 5.88 Å². The molecule has 13 heavy (non-hydrogen) atoms. The lowest BCUT2D eigenvalue weighted by atomic mass is 10.6. The molecule has 0 aliphatic carbocycles. The predicted molar refractivity (Wildman–Crippen MR) is 42.9 cm³/mol. The predicted octanol–water partition coefficient (Wildman–Crippen LogP) is 2.46. The molecule has 0 unspecified atom stereocenters. The Morgan fingerprint density at radius 3 is 2.46 bits per heavy atom. The average molecular weight is 249 g/mol. The van der Waals surface area contributed by atoms with Gasteiger partial charge in [-0.1, -0.05) is 0 Å². The second kappa shape index (κ2) is 3.77. The third kappa shape index (κ3) is 3.46. The molecule has 0 fully saturated rings. The van der Waals surface area contributed by atoms with Crippen LogP contribution in [-0.4, -0.2) is 13.9 Å². The zero-order chi connectivity index (χ0) is 10.1. The lowest BCUT2D eigenvalue weighted by Crippen LogP contribution is -2.15. The number of alkyl halides is 3. The summed E-state index contributed by atoms with van der Waals surface area (Å²) < 4.78 is 27.2. The van der Waals surface area contributed by atoms with Gasteiger partial charge in [0.25, 0.3) is 5.88 Å². The minimum absolute atomic E-state index is 0.564. The molecule has 0 bridgehead atoms. The number of nitrogens with zero attached hydrogens (tertiary/aromatic N) is 2. The van der Waals surface area contributed by atoms with Gasteiger partial charge in [-0.3, -0.25) is 0 Å². The summed E-state index contributed by atoms with van der Waals surface area (Å²) in [5.74, 6) is -1.78. The first-order valence-electron chi connectivity index (χ1n) is 2.82. The Morgan fingerprint density at radius 2 is 1.92 bits per heavy atom. The van der Waals surface area contributed by atoms with E-state index in [1.807, 2.05) is 0 Å². The molecule has 0 saturated carbocycles. The summed E-state index contributed by atoms with van der Waals surface area (Å²) in [4.78, 5) is 5.84. The standard InChI is InChI=1S/C5HCl3F2N2O/c6-5(7,8)13-3-2(9)1-11-4(10)12-3/h1H. The molecule has 0 aliphatic heterocycles. The molecule has 0 N–H and O–H groups in total. The topological polar surface area (TPSA) is 35.0 Å². The Hall–Kier alpha value is -0.390. The van der Waals surface area contributed by atoms with Crippen molar-refractivity contribution in [1.82, 2.24) is 9.97 Å². The molecule has 1 aromatic rings. The van der Waals surface area contributed by atoms with Crippen LogP contribution in [0.25, 0.3) is 0 Å². The van der Waals surface area contributed by atoms with E-state index >= 15 is 0 Å². The van der Waals surface area contributed by atoms with E-state index in [9.17, 15) is 8.78 Å². The Balaban J connectivity index is 2.94. The zero-order valence-electron chi connectivity index (χ0n) is 5.77. The summed E-state index contributed by atoms with van der Waals surface area (Å²) >= 11 is 15.5. The monoisotopic (exact) mass is 248 g/mol. The second-order valence-corrected chi connectivity index (χ2v) is 4.02. The molecular weight excluding hydrogens is 248 g/mol. The van der Waals surface area contributed by atoms with E-state index in [4.69, 9.17) is 34.8 Å². The van der Waals surface area contributed by atoms with Crippen LogP contribution < -0.4 is 4.74 Å². The highest BCUT2D eigenvalue weighted by molar-refractivity contribution is 6.66. The van der Waals surface area contributed by atoms with Crippen molar-refractivity contribution in [1.29, 1.82) is 0 Å². The number of ether oxygens (including phenoxy) is 1. The molecule has 0 spiro atoms. The third-order valence-corrected chi connectivity index (χ3v) is 1.13. The highest BCUT2D eigenvalue weighted by Gasteiger charge is 2.25. The number of aromatic nitrogens is 2. The Labute approximate surface area is 86.6 Å². The largest absolute Gasteiger partial charge is 0.425 e. The summed E-state index contributed by atoms with van der Waals surface area (Å²) in [5, 5.41) is 0. The molecule has 0 atom stereocenters. The number of hydrogen-bond acceptors (Lipinski definition) is 3. The van der Waals surface area contributed by atoms with Gasteiger partial charge in [0.15, 0.2) is 0 Å². The van der Waals surface area contributed by atoms with E-state index in [2.05, 4.69) is 14.7 Å². The van der Waals surface area contributed by atoms with E-state index < -0.39 is 21.8 Å².